The molecule has 2 fully saturated rings. The monoisotopic (exact) mass is 386 g/mol. The number of fused-ring (bicyclic) bond motifs is 1. The average molecular weight is 386 g/mol. The molecule has 0 spiro atoms. The fourth-order valence-electron chi connectivity index (χ4n) is 4.64. The quantitative estimate of drug-likeness (QED) is 0.807. The van der Waals surface area contributed by atoms with Crippen molar-refractivity contribution in [3.05, 3.63) is 23.8 Å². The number of hydrogen-bond acceptors (Lipinski definition) is 5. The Hall–Kier alpha value is -2.12. The van der Waals surface area contributed by atoms with Gasteiger partial charge in [-0.1, -0.05) is 0 Å². The van der Waals surface area contributed by atoms with Gasteiger partial charge in [0.25, 0.3) is 5.91 Å². The van der Waals surface area contributed by atoms with Crippen molar-refractivity contribution in [3.8, 4) is 5.88 Å². The van der Waals surface area contributed by atoms with Crippen LogP contribution in [0.25, 0.3) is 10.9 Å². The molecular weight excluding hydrogens is 356 g/mol. The number of carbonyl (C=O) groups excluding carboxylic acids is 1. The molecule has 4 rings (SSSR count). The van der Waals surface area contributed by atoms with Crippen molar-refractivity contribution in [3.63, 3.8) is 0 Å². The average Bonchev–Trinajstić information content (AvgIpc) is 3.07. The van der Waals surface area contributed by atoms with Crippen LogP contribution in [-0.2, 0) is 11.8 Å². The molecule has 0 bridgehead atoms. The van der Waals surface area contributed by atoms with Crippen LogP contribution in [0, 0.1) is 0 Å². The first-order valence-electron chi connectivity index (χ1n) is 10.2. The van der Waals surface area contributed by atoms with Gasteiger partial charge >= 0.3 is 0 Å². The normalized spacial score (nSPS) is 20.0. The zero-order chi connectivity index (χ0) is 19.7. The Labute approximate surface area is 166 Å². The molecule has 1 aromatic heterocycles. The highest BCUT2D eigenvalue weighted by Crippen LogP contribution is 2.27. The second-order valence-corrected chi connectivity index (χ2v) is 7.86. The van der Waals surface area contributed by atoms with E-state index in [4.69, 9.17) is 9.47 Å². The molecule has 2 aliphatic rings. The van der Waals surface area contributed by atoms with Crippen molar-refractivity contribution in [1.29, 1.82) is 0 Å². The van der Waals surface area contributed by atoms with Crippen LogP contribution < -0.4 is 4.74 Å². The van der Waals surface area contributed by atoms with Gasteiger partial charge in [0, 0.05) is 51.9 Å². The van der Waals surface area contributed by atoms with Crippen molar-refractivity contribution < 1.29 is 14.3 Å². The summed E-state index contributed by atoms with van der Waals surface area (Å²) in [6, 6.07) is 6.28. The Kier molecular flexibility index (Phi) is 5.55. The van der Waals surface area contributed by atoms with E-state index < -0.39 is 0 Å². The summed E-state index contributed by atoms with van der Waals surface area (Å²) in [7, 11) is 5.29. The van der Waals surface area contributed by atoms with Gasteiger partial charge < -0.3 is 19.3 Å². The Morgan fingerprint density at radius 1 is 1.07 bits per heavy atom. The summed E-state index contributed by atoms with van der Waals surface area (Å²) in [5, 5.41) is 5.39. The highest BCUT2D eigenvalue weighted by molar-refractivity contribution is 5.98. The summed E-state index contributed by atoms with van der Waals surface area (Å²) in [5.41, 5.74) is 1.49. The molecule has 0 radical (unpaired) electrons. The Morgan fingerprint density at radius 2 is 1.79 bits per heavy atom. The van der Waals surface area contributed by atoms with E-state index in [-0.39, 0.29) is 5.91 Å². The molecule has 2 aromatic rings. The molecule has 7 heteroatoms. The molecule has 2 saturated heterocycles. The van der Waals surface area contributed by atoms with Crippen molar-refractivity contribution in [2.24, 2.45) is 7.05 Å². The molecule has 0 unspecified atom stereocenters. The molecular formula is C21H30N4O3. The first-order chi connectivity index (χ1) is 13.6. The smallest absolute Gasteiger partial charge is 0.253 e. The number of hydrogen-bond donors (Lipinski definition) is 0. The van der Waals surface area contributed by atoms with Crippen molar-refractivity contribution in [2.75, 3.05) is 40.4 Å². The maximum absolute atomic E-state index is 13.0. The predicted molar refractivity (Wildman–Crippen MR) is 108 cm³/mol. The zero-order valence-corrected chi connectivity index (χ0v) is 17.1. The lowest BCUT2D eigenvalue weighted by atomic mass is 9.98. The van der Waals surface area contributed by atoms with Crippen LogP contribution in [-0.4, -0.2) is 78.0 Å². The summed E-state index contributed by atoms with van der Waals surface area (Å²) < 4.78 is 12.6. The van der Waals surface area contributed by atoms with Crippen molar-refractivity contribution in [1.82, 2.24) is 19.6 Å². The second kappa shape index (κ2) is 8.09. The molecule has 1 amide bonds. The van der Waals surface area contributed by atoms with Crippen LogP contribution in [0.5, 0.6) is 5.88 Å². The van der Waals surface area contributed by atoms with Crippen molar-refractivity contribution in [2.45, 2.75) is 37.8 Å². The van der Waals surface area contributed by atoms with E-state index in [1.54, 1.807) is 11.8 Å². The number of amides is 1. The van der Waals surface area contributed by atoms with Gasteiger partial charge in [0.15, 0.2) is 0 Å². The molecule has 7 nitrogen and oxygen atoms in total. The van der Waals surface area contributed by atoms with Gasteiger partial charge in [0.05, 0.1) is 24.1 Å². The highest BCUT2D eigenvalue weighted by Gasteiger charge is 2.30. The van der Waals surface area contributed by atoms with Gasteiger partial charge in [-0.2, -0.15) is 5.10 Å². The maximum Gasteiger partial charge on any atom is 0.253 e. The van der Waals surface area contributed by atoms with Crippen LogP contribution in [0.2, 0.25) is 0 Å². The van der Waals surface area contributed by atoms with Gasteiger partial charge in [-0.25, -0.2) is 4.68 Å². The van der Waals surface area contributed by atoms with Gasteiger partial charge in [-0.05, 0) is 43.9 Å². The third kappa shape index (κ3) is 3.61. The fraction of sp³-hybridized carbons (Fsp3) is 0.619. The van der Waals surface area contributed by atoms with Crippen LogP contribution >= 0.6 is 0 Å². The second-order valence-electron chi connectivity index (χ2n) is 7.86. The molecule has 0 saturated carbocycles. The summed E-state index contributed by atoms with van der Waals surface area (Å²) >= 11 is 0. The van der Waals surface area contributed by atoms with E-state index in [2.05, 4.69) is 10.00 Å². The predicted octanol–water partition coefficient (Wildman–Crippen LogP) is 2.30. The first-order valence-corrected chi connectivity index (χ1v) is 10.2. The third-order valence-corrected chi connectivity index (χ3v) is 6.30. The lowest BCUT2D eigenvalue weighted by Gasteiger charge is -2.41. The number of nitrogens with zero attached hydrogens (tertiary/aromatic N) is 4. The summed E-state index contributed by atoms with van der Waals surface area (Å²) in [6.45, 7) is 3.85. The van der Waals surface area contributed by atoms with E-state index in [9.17, 15) is 4.79 Å². The Morgan fingerprint density at radius 3 is 2.43 bits per heavy atom. The van der Waals surface area contributed by atoms with E-state index in [0.29, 0.717) is 23.6 Å². The fourth-order valence-corrected chi connectivity index (χ4v) is 4.64. The van der Waals surface area contributed by atoms with Crippen LogP contribution in [0.3, 0.4) is 0 Å². The van der Waals surface area contributed by atoms with Gasteiger partial charge in [-0.3, -0.25) is 4.79 Å². The number of aromatic nitrogens is 2. The van der Waals surface area contributed by atoms with E-state index in [1.807, 2.05) is 37.3 Å². The van der Waals surface area contributed by atoms with E-state index >= 15 is 0 Å². The molecule has 0 aliphatic carbocycles. The summed E-state index contributed by atoms with van der Waals surface area (Å²) in [5.74, 6) is 0.815. The highest BCUT2D eigenvalue weighted by atomic mass is 16.5. The zero-order valence-electron chi connectivity index (χ0n) is 17.1. The standard InChI is InChI=1S/C21H30N4O3/c1-23-21(28-3)18-5-4-15(14-19(18)22-23)20(26)25-10-6-16(7-11-25)24-12-8-17(27-2)9-13-24/h4-5,14,16-17H,6-13H2,1-3H3. The van der Waals surface area contributed by atoms with Gasteiger partial charge in [0.1, 0.15) is 0 Å². The van der Waals surface area contributed by atoms with Gasteiger partial charge in [-0.15, -0.1) is 0 Å². The Bertz CT molecular complexity index is 834. The lowest BCUT2D eigenvalue weighted by molar-refractivity contribution is 0.0145. The van der Waals surface area contributed by atoms with Crippen LogP contribution in [0.15, 0.2) is 18.2 Å². The number of carbonyl (C=O) groups is 1. The number of likely N-dealkylation sites (tertiary alicyclic amines) is 2. The SMILES string of the molecule is COc1c2ccc(C(=O)N3CCC(N4CCC(OC)CC4)CC3)cc2nn1C. The number of methoxy groups -OCH3 is 2. The maximum atomic E-state index is 13.0. The Balaban J connectivity index is 1.38. The molecule has 152 valence electrons. The minimum atomic E-state index is 0.100. The number of ether oxygens (including phenoxy) is 2. The topological polar surface area (TPSA) is 59.8 Å². The number of piperidine rings is 2. The molecule has 2 aliphatic heterocycles. The minimum Gasteiger partial charge on any atom is -0.481 e. The third-order valence-electron chi connectivity index (χ3n) is 6.30. The van der Waals surface area contributed by atoms with Crippen LogP contribution in [0.4, 0.5) is 0 Å². The number of aryl methyl sites for hydroxylation is 1. The first kappa shape index (κ1) is 19.2. The molecule has 3 heterocycles. The largest absolute Gasteiger partial charge is 0.481 e. The van der Waals surface area contributed by atoms with Crippen LogP contribution in [0.1, 0.15) is 36.0 Å². The molecule has 0 N–H and O–H groups in total. The minimum absolute atomic E-state index is 0.100. The molecule has 1 aromatic carbocycles. The molecule has 28 heavy (non-hydrogen) atoms. The lowest BCUT2D eigenvalue weighted by Crippen LogP contribution is -2.49. The number of rotatable bonds is 4. The molecule has 0 atom stereocenters. The van der Waals surface area contributed by atoms with Gasteiger partial charge in [0.2, 0.25) is 5.88 Å². The summed E-state index contributed by atoms with van der Waals surface area (Å²) in [6.07, 6.45) is 4.73. The number of benzene rings is 1. The van der Waals surface area contributed by atoms with E-state index in [0.717, 1.165) is 62.8 Å². The summed E-state index contributed by atoms with van der Waals surface area (Å²) in [4.78, 5) is 17.6. The van der Waals surface area contributed by atoms with E-state index in [1.165, 1.54) is 0 Å². The van der Waals surface area contributed by atoms with Crippen molar-refractivity contribution >= 4 is 16.8 Å².